The average Bonchev–Trinajstić information content (AvgIpc) is 2.60. The Hall–Kier alpha value is -5.38. The summed E-state index contributed by atoms with van der Waals surface area (Å²) in [7, 11) is -10.2. The smallest absolute Gasteiger partial charge is 0.464 e. The summed E-state index contributed by atoms with van der Waals surface area (Å²) < 4.78 is 88.0. The summed E-state index contributed by atoms with van der Waals surface area (Å²) >= 11 is 4.99. The maximum Gasteiger partial charge on any atom is 0.475 e. The van der Waals surface area contributed by atoms with Gasteiger partial charge in [0.15, 0.2) is 6.20 Å². The molecule has 9 aliphatic rings. The van der Waals surface area contributed by atoms with Crippen LogP contribution in [0.3, 0.4) is 0 Å². The van der Waals surface area contributed by atoms with Crippen molar-refractivity contribution in [3.05, 3.63) is 117 Å². The number of hydrogen-bond acceptors (Lipinski definition) is 35. The Morgan fingerprint density at radius 1 is 0.733 bits per heavy atom. The van der Waals surface area contributed by atoms with E-state index in [4.69, 9.17) is 58.1 Å². The van der Waals surface area contributed by atoms with E-state index in [1.54, 1.807) is 58.5 Å². The lowest BCUT2D eigenvalue weighted by atomic mass is 10.1. The molecule has 0 spiro atoms. The number of hydrogen-bond donors (Lipinski definition) is 7. The maximum atomic E-state index is 12.9. The molecular weight excluding hydrogens is 1280 g/mol. The number of phosphoric ester groups is 2. The van der Waals surface area contributed by atoms with Crippen LogP contribution >= 0.6 is 70.0 Å². The van der Waals surface area contributed by atoms with Crippen LogP contribution in [0.2, 0.25) is 0 Å². The van der Waals surface area contributed by atoms with E-state index in [0.29, 0.717) is 45.5 Å². The van der Waals surface area contributed by atoms with Gasteiger partial charge in [-0.3, -0.25) is 41.0 Å². The molecule has 6 fully saturated rings. The average molecular weight is 1340 g/mol. The highest BCUT2D eigenvalue weighted by atomic mass is 32.2. The second-order valence-electron chi connectivity index (χ2n) is 19.3. The van der Waals surface area contributed by atoms with E-state index in [1.807, 2.05) is 0 Å². The third-order valence-corrected chi connectivity index (χ3v) is 23.3. The number of carbonyl (C=O) groups is 1. The van der Waals surface area contributed by atoms with Crippen LogP contribution in [0.15, 0.2) is 101 Å². The molecule has 11 heterocycles. The zero-order valence-corrected chi connectivity index (χ0v) is 51.3. The Bertz CT molecular complexity index is 3350. The lowest BCUT2D eigenvalue weighted by Crippen LogP contribution is -2.45. The molecule has 0 radical (unpaired) electrons. The molecule has 86 heavy (non-hydrogen) atoms. The molecule has 6 saturated heterocycles. The van der Waals surface area contributed by atoms with Crippen molar-refractivity contribution in [3.63, 3.8) is 0 Å². The number of thiazole rings is 1. The fraction of sp³-hybridized carbons (Fsp3) is 0.500. The number of nitrogens with zero attached hydrogens (tertiary/aromatic N) is 11. The summed E-state index contributed by atoms with van der Waals surface area (Å²) in [5, 5.41) is 54.1. The molecule has 10 N–H and O–H groups in total. The molecule has 9 aliphatic heterocycles. The fourth-order valence-electron chi connectivity index (χ4n) is 9.07. The standard InChI is InChI=1S/C15H19N6O7PS.C15H23N4O6PS.C14H16N5O7PS2/c1-8-18-11(16)3-4-20(8)14-12(22)13-10(30-14)7-27-29(25,28-13)26-6-9-5-17-15(19(9)2)21(23)24;1-8(6-23-10(3)20)18-26(22)24-7-11-14(25-26)13(21)15(27-11)19-5-4-12(16)17-9(19)2;1-7-17-10(15)2-3-18(7)13-11(20)12-9(29-13)6-25-27(23,26-12)24-5-8-4-16-14(28-8)19(21)22/h3-5,10,12-14,22H,1,6-7H2,2H3,(H2,16,18);4-5,8,11,13-15,21H,2,6-7H2,1,3H3,(H2,16,17)(H,18,22);2-4,9,11-13,20H,1,5-6H2,(H2,15,17)/t10-,12+,13-,14-,29?;8-,11+,13-,14+,15+,26?;9-,11+,12-,13-,27?/m101/s1. The number of imidazole rings is 1. The molecule has 0 aromatic carbocycles. The number of aromatic nitrogens is 3. The SMILES string of the molecule is C=C1N=C(N)C=CN1[C@@H]1S[C@@H]2COP(=O)(N[C@@H](C)COC(C)=O)O[C@H]2[C@@H]1O.C=C1N=C(N)C=CN1[C@@H]1S[C@@H]2COP(=O)(OCc3cnc([N+](=O)[O-])n3C)O[C@H]2[C@@H]1O.C=C1N=C(N)C=CN1[C@@H]1S[C@@H]2COP(=O)(OCc3cnc([N+](=O)[O-])s3)O[C@H]2[C@@H]1O. The Morgan fingerprint density at radius 3 is 1.58 bits per heavy atom. The summed E-state index contributed by atoms with van der Waals surface area (Å²) in [6.45, 7) is 14.2. The van der Waals surface area contributed by atoms with Crippen LogP contribution < -0.4 is 22.3 Å². The maximum absolute atomic E-state index is 12.9. The van der Waals surface area contributed by atoms with Crippen LogP contribution in [0.5, 0.6) is 0 Å². The van der Waals surface area contributed by atoms with Gasteiger partial charge in [-0.1, -0.05) is 24.7 Å². The molecule has 0 saturated carbocycles. The van der Waals surface area contributed by atoms with Gasteiger partial charge in [0.25, 0.3) is 0 Å². The van der Waals surface area contributed by atoms with Crippen LogP contribution in [-0.2, 0) is 79.7 Å². The second kappa shape index (κ2) is 26.8. The molecule has 3 unspecified atom stereocenters. The minimum absolute atomic E-state index is 0.0257. The lowest BCUT2D eigenvalue weighted by Gasteiger charge is -2.34. The summed E-state index contributed by atoms with van der Waals surface area (Å²) in [4.78, 5) is 56.2. The van der Waals surface area contributed by atoms with Gasteiger partial charge < -0.3 is 72.2 Å². The minimum atomic E-state index is -4.00. The van der Waals surface area contributed by atoms with Gasteiger partial charge in [-0.15, -0.1) is 35.3 Å². The third-order valence-electron chi connectivity index (χ3n) is 13.2. The zero-order chi connectivity index (χ0) is 62.2. The number of nitrogens with two attached hydrogens (primary N) is 3. The van der Waals surface area contributed by atoms with Crippen molar-refractivity contribution in [2.75, 3.05) is 26.4 Å². The van der Waals surface area contributed by atoms with Crippen LogP contribution in [-0.4, -0.2) is 179 Å². The van der Waals surface area contributed by atoms with Crippen molar-refractivity contribution in [1.29, 1.82) is 0 Å². The Kier molecular flexibility index (Phi) is 20.2. The third kappa shape index (κ3) is 14.8. The molecule has 42 heteroatoms. The van der Waals surface area contributed by atoms with E-state index in [2.05, 4.69) is 49.8 Å². The van der Waals surface area contributed by atoms with Gasteiger partial charge in [0.05, 0.1) is 54.1 Å². The number of nitro groups is 2. The molecule has 16 atom stereocenters. The highest BCUT2D eigenvalue weighted by molar-refractivity contribution is 8.01. The number of thioether (sulfide) groups is 3. The molecule has 11 rings (SSSR count). The number of esters is 1. The van der Waals surface area contributed by atoms with Crippen LogP contribution in [0.4, 0.5) is 11.1 Å². The van der Waals surface area contributed by atoms with E-state index in [1.165, 1.54) is 66.2 Å². The predicted octanol–water partition coefficient (Wildman–Crippen LogP) is 2.89. The molecule has 2 aromatic heterocycles. The monoisotopic (exact) mass is 1340 g/mol. The van der Waals surface area contributed by atoms with Gasteiger partial charge in [0.1, 0.15) is 113 Å². The first kappa shape index (κ1) is 65.1. The van der Waals surface area contributed by atoms with Gasteiger partial charge in [0.2, 0.25) is 0 Å². The van der Waals surface area contributed by atoms with Crippen molar-refractivity contribution in [2.45, 2.75) is 102 Å². The van der Waals surface area contributed by atoms with Gasteiger partial charge in [-0.25, -0.2) is 38.3 Å². The molecule has 0 amide bonds. The highest BCUT2D eigenvalue weighted by Crippen LogP contribution is 2.61. The predicted molar refractivity (Wildman–Crippen MR) is 311 cm³/mol. The van der Waals surface area contributed by atoms with Crippen molar-refractivity contribution in [1.82, 2.24) is 34.3 Å². The summed E-state index contributed by atoms with van der Waals surface area (Å²) in [6, 6.07) is -0.444. The summed E-state index contributed by atoms with van der Waals surface area (Å²) in [5.74, 6) is 1.28. The lowest BCUT2D eigenvalue weighted by molar-refractivity contribution is -0.396. The number of amidine groups is 3. The Labute approximate surface area is 505 Å². The van der Waals surface area contributed by atoms with Crippen molar-refractivity contribution in [3.8, 4) is 0 Å². The topological polar surface area (TPSA) is 466 Å². The number of nitrogens with one attached hydrogen (secondary N) is 1. The van der Waals surface area contributed by atoms with Crippen LogP contribution in [0.1, 0.15) is 24.4 Å². The quantitative estimate of drug-likeness (QED) is 0.0583. The van der Waals surface area contributed by atoms with E-state index in [0.717, 1.165) is 11.3 Å². The van der Waals surface area contributed by atoms with Crippen LogP contribution in [0, 0.1) is 20.2 Å². The van der Waals surface area contributed by atoms with Crippen molar-refractivity contribution in [2.24, 2.45) is 39.2 Å². The van der Waals surface area contributed by atoms with E-state index in [-0.39, 0.29) is 66.5 Å². The van der Waals surface area contributed by atoms with Crippen molar-refractivity contribution >= 4 is 105 Å². The first-order valence-electron chi connectivity index (χ1n) is 25.3. The number of carbonyl (C=O) groups excluding carboxylic acids is 1. The number of ether oxygens (including phenoxy) is 1. The number of phosphoric acid groups is 2. The molecule has 35 nitrogen and oxygen atoms in total. The molecule has 2 aromatic rings. The number of aliphatic hydroxyl groups excluding tert-OH is 3. The molecular formula is C44H58N15O20P3S4. The molecule has 468 valence electrons. The van der Waals surface area contributed by atoms with Gasteiger partial charge >= 0.3 is 40.4 Å². The van der Waals surface area contributed by atoms with E-state index < -0.39 is 98.0 Å². The number of rotatable bonds is 15. The summed E-state index contributed by atoms with van der Waals surface area (Å²) in [5.41, 5.74) is 17.3. The first-order chi connectivity index (χ1) is 40.6. The van der Waals surface area contributed by atoms with Crippen LogP contribution in [0.25, 0.3) is 0 Å². The zero-order valence-electron chi connectivity index (χ0n) is 45.4. The number of fused-ring (bicyclic) bond motifs is 3. The largest absolute Gasteiger partial charge is 0.475 e. The van der Waals surface area contributed by atoms with Gasteiger partial charge in [-0.05, 0) is 51.3 Å². The van der Waals surface area contributed by atoms with Crippen molar-refractivity contribution < 1.29 is 84.6 Å². The van der Waals surface area contributed by atoms with E-state index >= 15 is 0 Å². The normalized spacial score (nSPS) is 34.8. The Balaban J connectivity index is 0.000000154. The molecule has 0 bridgehead atoms. The summed E-state index contributed by atoms with van der Waals surface area (Å²) in [6.07, 6.45) is 7.00. The van der Waals surface area contributed by atoms with E-state index in [9.17, 15) is 54.0 Å². The first-order valence-corrected chi connectivity index (χ1v) is 33.5. The van der Waals surface area contributed by atoms with Gasteiger partial charge in [0, 0.05) is 31.6 Å². The number of aliphatic hydroxyl groups is 3. The van der Waals surface area contributed by atoms with Gasteiger partial charge in [-0.2, -0.15) is 0 Å². The second-order valence-corrected chi connectivity index (χ2v) is 29.4. The fourth-order valence-corrected chi connectivity index (χ4v) is 19.5. The number of aliphatic imine (C=N–C) groups is 3. The highest BCUT2D eigenvalue weighted by Gasteiger charge is 2.57. The molecule has 0 aliphatic carbocycles. The minimum Gasteiger partial charge on any atom is -0.464 e. The Morgan fingerprint density at radius 2 is 1.17 bits per heavy atom.